The van der Waals surface area contributed by atoms with Crippen LogP contribution in [-0.2, 0) is 30.3 Å². The predicted octanol–water partition coefficient (Wildman–Crippen LogP) is 4.94. The van der Waals surface area contributed by atoms with Gasteiger partial charge in [-0.05, 0) is 56.1 Å². The van der Waals surface area contributed by atoms with E-state index in [0.29, 0.717) is 6.42 Å². The molecule has 0 radical (unpaired) electrons. The minimum absolute atomic E-state index is 0.0718. The van der Waals surface area contributed by atoms with Crippen LogP contribution >= 0.6 is 0 Å². The second kappa shape index (κ2) is 12.8. The van der Waals surface area contributed by atoms with E-state index < -0.39 is 29.3 Å². The fraction of sp³-hybridized carbons (Fsp3) is 0.667. The van der Waals surface area contributed by atoms with E-state index in [1.165, 1.54) is 18.1 Å². The molecule has 0 fully saturated rings. The van der Waals surface area contributed by atoms with Gasteiger partial charge in [-0.2, -0.15) is 0 Å². The number of amides is 1. The molecule has 0 saturated heterocycles. The first-order chi connectivity index (χ1) is 15.9. The summed E-state index contributed by atoms with van der Waals surface area (Å²) in [5.41, 5.74) is 0.548. The van der Waals surface area contributed by atoms with E-state index >= 15 is 0 Å². The van der Waals surface area contributed by atoms with Crippen LogP contribution in [0.4, 0.5) is 0 Å². The Hall–Kier alpha value is -2.37. The molecular formula is C27H41NO5. The zero-order valence-corrected chi connectivity index (χ0v) is 20.9. The molecule has 0 aromatic heterocycles. The normalized spacial score (nSPS) is 18.7. The van der Waals surface area contributed by atoms with Crippen molar-refractivity contribution in [3.05, 3.63) is 35.4 Å². The molecule has 1 aromatic carbocycles. The molecule has 33 heavy (non-hydrogen) atoms. The fourth-order valence-electron chi connectivity index (χ4n) is 5.51. The first kappa shape index (κ1) is 26.9. The third-order valence-electron chi connectivity index (χ3n) is 6.91. The lowest BCUT2D eigenvalue weighted by Crippen LogP contribution is -2.67. The Kier molecular flexibility index (Phi) is 10.4. The summed E-state index contributed by atoms with van der Waals surface area (Å²) in [6.45, 7) is 9.31. The summed E-state index contributed by atoms with van der Waals surface area (Å²) < 4.78 is 10.8. The van der Waals surface area contributed by atoms with Crippen LogP contribution in [0.15, 0.2) is 24.3 Å². The zero-order chi connectivity index (χ0) is 24.4. The molecule has 1 aliphatic carbocycles. The Morgan fingerprint density at radius 2 is 1.67 bits per heavy atom. The van der Waals surface area contributed by atoms with Crippen molar-refractivity contribution in [1.82, 2.24) is 5.32 Å². The van der Waals surface area contributed by atoms with E-state index in [4.69, 9.17) is 9.47 Å². The van der Waals surface area contributed by atoms with Gasteiger partial charge in [0, 0.05) is 12.8 Å². The van der Waals surface area contributed by atoms with Gasteiger partial charge < -0.3 is 14.8 Å². The van der Waals surface area contributed by atoms with Crippen molar-refractivity contribution in [2.75, 3.05) is 13.2 Å². The molecule has 1 aromatic rings. The number of carbonyl (C=O) groups excluding carboxylic acids is 3. The van der Waals surface area contributed by atoms with Gasteiger partial charge in [-0.25, -0.2) is 9.59 Å². The van der Waals surface area contributed by atoms with Gasteiger partial charge in [-0.15, -0.1) is 0 Å². The van der Waals surface area contributed by atoms with E-state index in [1.54, 1.807) is 13.8 Å². The smallest absolute Gasteiger partial charge is 0.344 e. The summed E-state index contributed by atoms with van der Waals surface area (Å²) in [6, 6.07) is 8.30. The summed E-state index contributed by atoms with van der Waals surface area (Å²) in [4.78, 5) is 39.4. The number of aryl methyl sites for hydroxylation is 1. The Labute approximate surface area is 198 Å². The van der Waals surface area contributed by atoms with Gasteiger partial charge in [0.1, 0.15) is 0 Å². The summed E-state index contributed by atoms with van der Waals surface area (Å²) in [5, 5.41) is 2.75. The largest absolute Gasteiger partial charge is 0.464 e. The van der Waals surface area contributed by atoms with Gasteiger partial charge >= 0.3 is 11.9 Å². The number of hydrogen-bond donors (Lipinski definition) is 1. The lowest BCUT2D eigenvalue weighted by Gasteiger charge is -2.46. The number of benzene rings is 1. The highest BCUT2D eigenvalue weighted by Crippen LogP contribution is 2.49. The topological polar surface area (TPSA) is 81.7 Å². The van der Waals surface area contributed by atoms with Gasteiger partial charge in [0.05, 0.1) is 13.2 Å². The SMILES string of the molecule is CCCCCC(CC)C1c2ccccc2CCC1C(NC(C)=O)(C(=O)OCC)C(=O)OCC. The van der Waals surface area contributed by atoms with Crippen LogP contribution in [0.1, 0.15) is 90.2 Å². The molecule has 2 rings (SSSR count). The molecule has 0 bridgehead atoms. The fourth-order valence-corrected chi connectivity index (χ4v) is 5.51. The van der Waals surface area contributed by atoms with Gasteiger partial charge in [0.2, 0.25) is 11.4 Å². The van der Waals surface area contributed by atoms with Crippen LogP contribution in [0.3, 0.4) is 0 Å². The van der Waals surface area contributed by atoms with E-state index in [-0.39, 0.29) is 25.0 Å². The number of carbonyl (C=O) groups is 3. The third-order valence-corrected chi connectivity index (χ3v) is 6.91. The van der Waals surface area contributed by atoms with Crippen LogP contribution in [0.5, 0.6) is 0 Å². The lowest BCUT2D eigenvalue weighted by molar-refractivity contribution is -0.173. The maximum absolute atomic E-state index is 13.5. The number of hydrogen-bond acceptors (Lipinski definition) is 5. The summed E-state index contributed by atoms with van der Waals surface area (Å²) in [7, 11) is 0. The first-order valence-electron chi connectivity index (χ1n) is 12.6. The highest BCUT2D eigenvalue weighted by Gasteiger charge is 2.59. The van der Waals surface area contributed by atoms with Crippen LogP contribution < -0.4 is 5.32 Å². The second-order valence-electron chi connectivity index (χ2n) is 8.96. The molecule has 1 aliphatic rings. The van der Waals surface area contributed by atoms with Gasteiger partial charge in [0.15, 0.2) is 0 Å². The minimum Gasteiger partial charge on any atom is -0.464 e. The van der Waals surface area contributed by atoms with Crippen molar-refractivity contribution >= 4 is 17.8 Å². The molecule has 0 spiro atoms. The number of unbranched alkanes of at least 4 members (excludes halogenated alkanes) is 2. The number of fused-ring (bicyclic) bond motifs is 1. The maximum atomic E-state index is 13.5. The molecule has 0 aliphatic heterocycles. The highest BCUT2D eigenvalue weighted by atomic mass is 16.6. The summed E-state index contributed by atoms with van der Waals surface area (Å²) >= 11 is 0. The van der Waals surface area contributed by atoms with Crippen LogP contribution in [0.2, 0.25) is 0 Å². The minimum atomic E-state index is -1.87. The Bertz CT molecular complexity index is 787. The molecule has 3 atom stereocenters. The molecule has 6 heteroatoms. The summed E-state index contributed by atoms with van der Waals surface area (Å²) in [6.07, 6.45) is 6.59. The van der Waals surface area contributed by atoms with E-state index in [2.05, 4.69) is 31.3 Å². The van der Waals surface area contributed by atoms with Gasteiger partial charge in [0.25, 0.3) is 0 Å². The highest BCUT2D eigenvalue weighted by molar-refractivity contribution is 6.08. The lowest BCUT2D eigenvalue weighted by atomic mass is 9.60. The standard InChI is InChI=1S/C27H41NO5/c1-6-10-11-14-20(7-2)24-22-16-13-12-15-21(22)17-18-23(24)27(28-19(5)29,25(30)32-8-3)26(31)33-9-4/h12-13,15-16,20,23-24H,6-11,14,17-18H2,1-5H3,(H,28,29). The second-order valence-corrected chi connectivity index (χ2v) is 8.96. The van der Waals surface area contributed by atoms with Crippen molar-refractivity contribution in [2.24, 2.45) is 11.8 Å². The van der Waals surface area contributed by atoms with Crippen molar-refractivity contribution in [3.8, 4) is 0 Å². The monoisotopic (exact) mass is 459 g/mol. The van der Waals surface area contributed by atoms with Crippen LogP contribution in [0.25, 0.3) is 0 Å². The van der Waals surface area contributed by atoms with E-state index in [1.807, 2.05) is 12.1 Å². The molecule has 3 unspecified atom stereocenters. The Morgan fingerprint density at radius 3 is 2.21 bits per heavy atom. The molecule has 6 nitrogen and oxygen atoms in total. The quantitative estimate of drug-likeness (QED) is 0.272. The molecular weight excluding hydrogens is 418 g/mol. The number of rotatable bonds is 12. The Balaban J connectivity index is 2.69. The van der Waals surface area contributed by atoms with Crippen LogP contribution in [-0.4, -0.2) is 36.6 Å². The zero-order valence-electron chi connectivity index (χ0n) is 20.9. The molecule has 1 amide bonds. The van der Waals surface area contributed by atoms with E-state index in [0.717, 1.165) is 38.5 Å². The Morgan fingerprint density at radius 1 is 1.03 bits per heavy atom. The van der Waals surface area contributed by atoms with Crippen molar-refractivity contribution in [2.45, 2.75) is 91.0 Å². The maximum Gasteiger partial charge on any atom is 0.344 e. The van der Waals surface area contributed by atoms with Gasteiger partial charge in [-0.1, -0.05) is 63.8 Å². The third kappa shape index (κ3) is 5.96. The summed E-state index contributed by atoms with van der Waals surface area (Å²) in [5.74, 6) is -2.17. The number of nitrogens with one attached hydrogen (secondary N) is 1. The average Bonchev–Trinajstić information content (AvgIpc) is 2.80. The number of ether oxygens (including phenoxy) is 2. The number of esters is 2. The van der Waals surface area contributed by atoms with Crippen molar-refractivity contribution < 1.29 is 23.9 Å². The van der Waals surface area contributed by atoms with Gasteiger partial charge in [-0.3, -0.25) is 4.79 Å². The first-order valence-corrected chi connectivity index (χ1v) is 12.6. The van der Waals surface area contributed by atoms with Crippen molar-refractivity contribution in [1.29, 1.82) is 0 Å². The van der Waals surface area contributed by atoms with Crippen molar-refractivity contribution in [3.63, 3.8) is 0 Å². The molecule has 184 valence electrons. The van der Waals surface area contributed by atoms with E-state index in [9.17, 15) is 14.4 Å². The molecule has 1 N–H and O–H groups in total. The predicted molar refractivity (Wildman–Crippen MR) is 129 cm³/mol. The molecule has 0 saturated carbocycles. The molecule has 0 heterocycles. The van der Waals surface area contributed by atoms with Crippen LogP contribution in [0, 0.1) is 11.8 Å². The average molecular weight is 460 g/mol.